The predicted molar refractivity (Wildman–Crippen MR) is 64.4 cm³/mol. The number of halogens is 2. The Balaban J connectivity index is 2.07. The Morgan fingerprint density at radius 1 is 1.47 bits per heavy atom. The van der Waals surface area contributed by atoms with Gasteiger partial charge in [-0.25, -0.2) is 13.6 Å². The van der Waals surface area contributed by atoms with Crippen LogP contribution in [0.1, 0.15) is 15.9 Å². The van der Waals surface area contributed by atoms with Crippen molar-refractivity contribution in [3.05, 3.63) is 35.4 Å². The van der Waals surface area contributed by atoms with Crippen molar-refractivity contribution in [3.8, 4) is 0 Å². The number of benzene rings is 1. The van der Waals surface area contributed by atoms with Crippen molar-refractivity contribution in [2.75, 3.05) is 26.3 Å². The SMILES string of the molecule is O=C(O)c1cccc(CN2CCOCC(F)(F)C2)c1. The van der Waals surface area contributed by atoms with E-state index in [1.807, 2.05) is 0 Å². The predicted octanol–water partition coefficient (Wildman–Crippen LogP) is 1.85. The summed E-state index contributed by atoms with van der Waals surface area (Å²) >= 11 is 0. The van der Waals surface area contributed by atoms with E-state index in [9.17, 15) is 13.6 Å². The minimum atomic E-state index is -2.86. The van der Waals surface area contributed by atoms with Gasteiger partial charge in [0.2, 0.25) is 0 Å². The number of carbonyl (C=O) groups is 1. The highest BCUT2D eigenvalue weighted by molar-refractivity contribution is 5.87. The lowest BCUT2D eigenvalue weighted by Gasteiger charge is -2.22. The molecule has 1 aromatic rings. The highest BCUT2D eigenvalue weighted by Crippen LogP contribution is 2.20. The van der Waals surface area contributed by atoms with Crippen molar-refractivity contribution in [2.45, 2.75) is 12.5 Å². The quantitative estimate of drug-likeness (QED) is 0.911. The van der Waals surface area contributed by atoms with Crippen LogP contribution < -0.4 is 0 Å². The molecule has 0 radical (unpaired) electrons. The minimum Gasteiger partial charge on any atom is -0.478 e. The van der Waals surface area contributed by atoms with E-state index in [1.54, 1.807) is 17.0 Å². The molecule has 1 aliphatic rings. The first-order valence-corrected chi connectivity index (χ1v) is 5.96. The maximum Gasteiger partial charge on any atom is 0.335 e. The second-order valence-electron chi connectivity index (χ2n) is 4.62. The molecule has 1 fully saturated rings. The van der Waals surface area contributed by atoms with Crippen molar-refractivity contribution in [1.29, 1.82) is 0 Å². The van der Waals surface area contributed by atoms with E-state index in [2.05, 4.69) is 0 Å². The molecule has 4 nitrogen and oxygen atoms in total. The molecule has 104 valence electrons. The summed E-state index contributed by atoms with van der Waals surface area (Å²) in [6.45, 7) is 0.0319. The first kappa shape index (κ1) is 13.9. The maximum atomic E-state index is 13.4. The number of hydrogen-bond donors (Lipinski definition) is 1. The van der Waals surface area contributed by atoms with E-state index >= 15 is 0 Å². The highest BCUT2D eigenvalue weighted by Gasteiger charge is 2.34. The van der Waals surface area contributed by atoms with Gasteiger partial charge in [0.15, 0.2) is 0 Å². The molecule has 1 saturated heterocycles. The molecule has 0 aliphatic carbocycles. The average Bonchev–Trinajstić information content (AvgIpc) is 2.50. The van der Waals surface area contributed by atoms with Crippen molar-refractivity contribution in [1.82, 2.24) is 4.90 Å². The molecule has 0 unspecified atom stereocenters. The molecular formula is C13H15F2NO3. The Labute approximate surface area is 109 Å². The third-order valence-electron chi connectivity index (χ3n) is 2.90. The number of aromatic carboxylic acids is 1. The van der Waals surface area contributed by atoms with Crippen LogP contribution in [0.15, 0.2) is 24.3 Å². The molecular weight excluding hydrogens is 256 g/mol. The van der Waals surface area contributed by atoms with Crippen LogP contribution >= 0.6 is 0 Å². The van der Waals surface area contributed by atoms with Gasteiger partial charge in [0.1, 0.15) is 6.61 Å². The molecule has 2 rings (SSSR count). The molecule has 19 heavy (non-hydrogen) atoms. The molecule has 0 amide bonds. The Morgan fingerprint density at radius 2 is 2.26 bits per heavy atom. The second-order valence-corrected chi connectivity index (χ2v) is 4.62. The Morgan fingerprint density at radius 3 is 3.00 bits per heavy atom. The third kappa shape index (κ3) is 3.97. The normalized spacial score (nSPS) is 19.9. The fraction of sp³-hybridized carbons (Fsp3) is 0.462. The van der Waals surface area contributed by atoms with E-state index in [0.717, 1.165) is 0 Å². The summed E-state index contributed by atoms with van der Waals surface area (Å²) in [5.41, 5.74) is 0.868. The van der Waals surface area contributed by atoms with Crippen LogP contribution in [0.5, 0.6) is 0 Å². The molecule has 0 bridgehead atoms. The Kier molecular flexibility index (Phi) is 4.11. The van der Waals surface area contributed by atoms with Crippen LogP contribution in [0, 0.1) is 0 Å². The van der Waals surface area contributed by atoms with Crippen molar-refractivity contribution < 1.29 is 23.4 Å². The van der Waals surface area contributed by atoms with E-state index in [-0.39, 0.29) is 18.7 Å². The van der Waals surface area contributed by atoms with Gasteiger partial charge in [0.05, 0.1) is 18.7 Å². The lowest BCUT2D eigenvalue weighted by Crippen LogP contribution is -2.37. The fourth-order valence-corrected chi connectivity index (χ4v) is 2.06. The molecule has 1 heterocycles. The number of carboxylic acids is 1. The largest absolute Gasteiger partial charge is 0.478 e. The zero-order valence-electron chi connectivity index (χ0n) is 10.3. The number of rotatable bonds is 3. The standard InChI is InChI=1S/C13H15F2NO3/c14-13(15)8-16(4-5-19-9-13)7-10-2-1-3-11(6-10)12(17)18/h1-3,6H,4-5,7-9H2,(H,17,18). The number of ether oxygens (including phenoxy) is 1. The summed E-state index contributed by atoms with van der Waals surface area (Å²) in [5, 5.41) is 8.89. The lowest BCUT2D eigenvalue weighted by molar-refractivity contribution is -0.0689. The maximum absolute atomic E-state index is 13.4. The minimum absolute atomic E-state index is 0.162. The van der Waals surface area contributed by atoms with Crippen molar-refractivity contribution in [2.24, 2.45) is 0 Å². The van der Waals surface area contributed by atoms with Crippen LogP contribution in [-0.2, 0) is 11.3 Å². The number of alkyl halides is 2. The highest BCUT2D eigenvalue weighted by atomic mass is 19.3. The van der Waals surface area contributed by atoms with E-state index in [4.69, 9.17) is 9.84 Å². The second kappa shape index (κ2) is 5.63. The smallest absolute Gasteiger partial charge is 0.335 e. The van der Waals surface area contributed by atoms with E-state index in [1.165, 1.54) is 12.1 Å². The van der Waals surface area contributed by atoms with Crippen LogP contribution in [-0.4, -0.2) is 48.2 Å². The molecule has 1 N–H and O–H groups in total. The molecule has 6 heteroatoms. The van der Waals surface area contributed by atoms with Gasteiger partial charge >= 0.3 is 5.97 Å². The zero-order chi connectivity index (χ0) is 13.9. The van der Waals surface area contributed by atoms with Gasteiger partial charge in [0.25, 0.3) is 5.92 Å². The topological polar surface area (TPSA) is 49.8 Å². The summed E-state index contributed by atoms with van der Waals surface area (Å²) in [6.07, 6.45) is 0. The van der Waals surface area contributed by atoms with E-state index < -0.39 is 18.5 Å². The van der Waals surface area contributed by atoms with Crippen LogP contribution in [0.3, 0.4) is 0 Å². The molecule has 0 aromatic heterocycles. The molecule has 0 saturated carbocycles. The van der Waals surface area contributed by atoms with Crippen LogP contribution in [0.25, 0.3) is 0 Å². The van der Waals surface area contributed by atoms with Gasteiger partial charge in [0, 0.05) is 13.1 Å². The summed E-state index contributed by atoms with van der Waals surface area (Å²) in [5.74, 6) is -3.88. The van der Waals surface area contributed by atoms with Gasteiger partial charge in [-0.3, -0.25) is 4.90 Å². The summed E-state index contributed by atoms with van der Waals surface area (Å²) in [6, 6.07) is 6.33. The summed E-state index contributed by atoms with van der Waals surface area (Å²) in [4.78, 5) is 12.4. The average molecular weight is 271 g/mol. The van der Waals surface area contributed by atoms with Gasteiger partial charge in [-0.2, -0.15) is 0 Å². The molecule has 0 atom stereocenters. The van der Waals surface area contributed by atoms with Gasteiger partial charge in [-0.15, -0.1) is 0 Å². The summed E-state index contributed by atoms with van der Waals surface area (Å²) < 4.78 is 31.6. The van der Waals surface area contributed by atoms with Crippen molar-refractivity contribution in [3.63, 3.8) is 0 Å². The fourth-order valence-electron chi connectivity index (χ4n) is 2.06. The van der Waals surface area contributed by atoms with Gasteiger partial charge in [-0.1, -0.05) is 12.1 Å². The lowest BCUT2D eigenvalue weighted by atomic mass is 10.1. The molecule has 0 spiro atoms. The van der Waals surface area contributed by atoms with Gasteiger partial charge < -0.3 is 9.84 Å². The summed E-state index contributed by atoms with van der Waals surface area (Å²) in [7, 11) is 0. The number of hydrogen-bond acceptors (Lipinski definition) is 3. The Bertz CT molecular complexity index is 465. The first-order valence-electron chi connectivity index (χ1n) is 5.96. The van der Waals surface area contributed by atoms with Crippen LogP contribution in [0.4, 0.5) is 8.78 Å². The third-order valence-corrected chi connectivity index (χ3v) is 2.90. The monoisotopic (exact) mass is 271 g/mol. The van der Waals surface area contributed by atoms with Crippen molar-refractivity contribution >= 4 is 5.97 Å². The van der Waals surface area contributed by atoms with Gasteiger partial charge in [-0.05, 0) is 17.7 Å². The van der Waals surface area contributed by atoms with Crippen LogP contribution in [0.2, 0.25) is 0 Å². The molecule has 1 aliphatic heterocycles. The first-order chi connectivity index (χ1) is 8.96. The number of carboxylic acid groups (broad SMARTS) is 1. The van der Waals surface area contributed by atoms with E-state index in [0.29, 0.717) is 18.7 Å². The zero-order valence-corrected chi connectivity index (χ0v) is 10.3. The molecule has 1 aromatic carbocycles. The number of nitrogens with zero attached hydrogens (tertiary/aromatic N) is 1. The Hall–Kier alpha value is -1.53.